The molecule has 0 bridgehead atoms. The summed E-state index contributed by atoms with van der Waals surface area (Å²) in [6.45, 7) is 5.75. The van der Waals surface area contributed by atoms with E-state index in [1.807, 2.05) is 32.9 Å². The molecule has 0 aromatic heterocycles. The van der Waals surface area contributed by atoms with E-state index in [0.717, 1.165) is 16.7 Å². The van der Waals surface area contributed by atoms with Crippen molar-refractivity contribution in [1.82, 2.24) is 0 Å². The van der Waals surface area contributed by atoms with Crippen LogP contribution in [0.2, 0.25) is 0 Å². The van der Waals surface area contributed by atoms with Gasteiger partial charge in [-0.05, 0) is 31.9 Å². The van der Waals surface area contributed by atoms with Crippen molar-refractivity contribution in [3.63, 3.8) is 0 Å². The summed E-state index contributed by atoms with van der Waals surface area (Å²) in [6, 6.07) is 3.00. The van der Waals surface area contributed by atoms with E-state index < -0.39 is 12.0 Å². The average Bonchev–Trinajstić information content (AvgIpc) is 2.26. The second-order valence-electron chi connectivity index (χ2n) is 4.53. The largest absolute Gasteiger partial charge is 0.468 e. The van der Waals surface area contributed by atoms with E-state index in [1.165, 1.54) is 7.11 Å². The zero-order valence-corrected chi connectivity index (χ0v) is 11.2. The van der Waals surface area contributed by atoms with Crippen molar-refractivity contribution in [2.45, 2.75) is 33.2 Å². The minimum atomic E-state index is -0.900. The van der Waals surface area contributed by atoms with E-state index in [2.05, 4.69) is 4.74 Å². The molecule has 0 spiro atoms. The number of rotatable bonds is 4. The second kappa shape index (κ2) is 5.78. The maximum Gasteiger partial charge on any atom is 0.323 e. The molecule has 0 saturated carbocycles. The van der Waals surface area contributed by atoms with Crippen molar-refractivity contribution in [3.8, 4) is 0 Å². The number of hydrogen-bond acceptors (Lipinski definition) is 4. The van der Waals surface area contributed by atoms with Crippen LogP contribution >= 0.6 is 0 Å². The van der Waals surface area contributed by atoms with Gasteiger partial charge in [0.1, 0.15) is 6.04 Å². The monoisotopic (exact) mass is 249 g/mol. The SMILES string of the molecule is COC(=O)C(N)CC(=O)c1c(C)cc(C)cc1C. The van der Waals surface area contributed by atoms with Crippen LogP contribution in [0.3, 0.4) is 0 Å². The van der Waals surface area contributed by atoms with Crippen LogP contribution < -0.4 is 5.73 Å². The number of nitrogens with two attached hydrogens (primary N) is 1. The van der Waals surface area contributed by atoms with Crippen LogP contribution in [0.15, 0.2) is 12.1 Å². The normalized spacial score (nSPS) is 12.1. The Labute approximate surface area is 107 Å². The standard InChI is InChI=1S/C14H19NO3/c1-8-5-9(2)13(10(3)6-8)12(16)7-11(15)14(17)18-4/h5-6,11H,7,15H2,1-4H3. The van der Waals surface area contributed by atoms with Crippen LogP contribution in [0.1, 0.15) is 33.5 Å². The fourth-order valence-electron chi connectivity index (χ4n) is 2.16. The highest BCUT2D eigenvalue weighted by Crippen LogP contribution is 2.18. The van der Waals surface area contributed by atoms with E-state index in [1.54, 1.807) is 0 Å². The van der Waals surface area contributed by atoms with Crippen molar-refractivity contribution in [3.05, 3.63) is 34.4 Å². The van der Waals surface area contributed by atoms with Gasteiger partial charge in [0.2, 0.25) is 0 Å². The van der Waals surface area contributed by atoms with Gasteiger partial charge in [-0.3, -0.25) is 9.59 Å². The van der Waals surface area contributed by atoms with Crippen LogP contribution in [0.4, 0.5) is 0 Å². The van der Waals surface area contributed by atoms with Crippen LogP contribution in [-0.2, 0) is 9.53 Å². The smallest absolute Gasteiger partial charge is 0.323 e. The minimum absolute atomic E-state index is 0.0303. The van der Waals surface area contributed by atoms with E-state index >= 15 is 0 Å². The lowest BCUT2D eigenvalue weighted by Gasteiger charge is -2.12. The lowest BCUT2D eigenvalue weighted by molar-refractivity contribution is -0.142. The maximum atomic E-state index is 12.1. The summed E-state index contributed by atoms with van der Waals surface area (Å²) >= 11 is 0. The van der Waals surface area contributed by atoms with Gasteiger partial charge in [0, 0.05) is 12.0 Å². The second-order valence-corrected chi connectivity index (χ2v) is 4.53. The quantitative estimate of drug-likeness (QED) is 0.651. The third kappa shape index (κ3) is 3.17. The molecule has 4 nitrogen and oxygen atoms in total. The Morgan fingerprint density at radius 1 is 1.22 bits per heavy atom. The van der Waals surface area contributed by atoms with Gasteiger partial charge >= 0.3 is 5.97 Å². The van der Waals surface area contributed by atoms with Gasteiger partial charge in [0.15, 0.2) is 5.78 Å². The fraction of sp³-hybridized carbons (Fsp3) is 0.429. The lowest BCUT2D eigenvalue weighted by atomic mass is 9.94. The molecule has 0 aliphatic rings. The molecule has 18 heavy (non-hydrogen) atoms. The third-order valence-corrected chi connectivity index (χ3v) is 2.87. The van der Waals surface area contributed by atoms with E-state index in [4.69, 9.17) is 5.73 Å². The highest BCUT2D eigenvalue weighted by Gasteiger charge is 2.21. The predicted octanol–water partition coefficient (Wildman–Crippen LogP) is 1.68. The van der Waals surface area contributed by atoms with Gasteiger partial charge < -0.3 is 10.5 Å². The minimum Gasteiger partial charge on any atom is -0.468 e. The van der Waals surface area contributed by atoms with Gasteiger partial charge in [0.25, 0.3) is 0 Å². The number of carbonyl (C=O) groups is 2. The van der Waals surface area contributed by atoms with Gasteiger partial charge in [-0.1, -0.05) is 17.7 Å². The molecule has 0 amide bonds. The molecule has 0 radical (unpaired) electrons. The molecule has 0 aliphatic heterocycles. The molecule has 1 aromatic carbocycles. The van der Waals surface area contributed by atoms with Gasteiger partial charge in [-0.25, -0.2) is 0 Å². The molecule has 2 N–H and O–H groups in total. The summed E-state index contributed by atoms with van der Waals surface area (Å²) in [7, 11) is 1.26. The lowest BCUT2D eigenvalue weighted by Crippen LogP contribution is -2.34. The Balaban J connectivity index is 2.95. The molecule has 1 atom stereocenters. The molecule has 1 rings (SSSR count). The number of benzene rings is 1. The van der Waals surface area contributed by atoms with E-state index in [-0.39, 0.29) is 12.2 Å². The van der Waals surface area contributed by atoms with Gasteiger partial charge in [0.05, 0.1) is 7.11 Å². The molecule has 0 aliphatic carbocycles. The number of hydrogen-bond donors (Lipinski definition) is 1. The fourth-order valence-corrected chi connectivity index (χ4v) is 2.16. The van der Waals surface area contributed by atoms with Crippen LogP contribution in [0.25, 0.3) is 0 Å². The first-order chi connectivity index (χ1) is 8.36. The first-order valence-electron chi connectivity index (χ1n) is 5.81. The molecule has 4 heteroatoms. The Morgan fingerprint density at radius 3 is 2.17 bits per heavy atom. The van der Waals surface area contributed by atoms with Crippen LogP contribution in [0, 0.1) is 20.8 Å². The van der Waals surface area contributed by atoms with Crippen molar-refractivity contribution >= 4 is 11.8 Å². The van der Waals surface area contributed by atoms with Crippen molar-refractivity contribution in [1.29, 1.82) is 0 Å². The summed E-state index contributed by atoms with van der Waals surface area (Å²) < 4.78 is 4.51. The van der Waals surface area contributed by atoms with Gasteiger partial charge in [-0.2, -0.15) is 0 Å². The Bertz CT molecular complexity index is 457. The van der Waals surface area contributed by atoms with Gasteiger partial charge in [-0.15, -0.1) is 0 Å². The number of ketones is 1. The van der Waals surface area contributed by atoms with E-state index in [9.17, 15) is 9.59 Å². The highest BCUT2D eigenvalue weighted by atomic mass is 16.5. The predicted molar refractivity (Wildman–Crippen MR) is 69.6 cm³/mol. The number of carbonyl (C=O) groups excluding carboxylic acids is 2. The topological polar surface area (TPSA) is 69.4 Å². The molecule has 98 valence electrons. The first kappa shape index (κ1) is 14.4. The first-order valence-corrected chi connectivity index (χ1v) is 5.81. The summed E-state index contributed by atoms with van der Waals surface area (Å²) in [4.78, 5) is 23.3. The zero-order chi connectivity index (χ0) is 13.9. The van der Waals surface area contributed by atoms with Crippen LogP contribution in [0.5, 0.6) is 0 Å². The summed E-state index contributed by atoms with van der Waals surface area (Å²) in [5.74, 6) is -0.686. The van der Waals surface area contributed by atoms with Crippen molar-refractivity contribution in [2.75, 3.05) is 7.11 Å². The van der Waals surface area contributed by atoms with Crippen LogP contribution in [-0.4, -0.2) is 24.9 Å². The molecular formula is C14H19NO3. The Morgan fingerprint density at radius 2 is 1.72 bits per heavy atom. The van der Waals surface area contributed by atoms with E-state index in [0.29, 0.717) is 5.56 Å². The maximum absolute atomic E-state index is 12.1. The molecule has 1 unspecified atom stereocenters. The number of aryl methyl sites for hydroxylation is 3. The molecule has 0 saturated heterocycles. The van der Waals surface area contributed by atoms with Crippen molar-refractivity contribution in [2.24, 2.45) is 5.73 Å². The number of ether oxygens (including phenoxy) is 1. The summed E-state index contributed by atoms with van der Waals surface area (Å²) in [5.41, 5.74) is 9.19. The molecule has 1 aromatic rings. The summed E-state index contributed by atoms with van der Waals surface area (Å²) in [5, 5.41) is 0. The molecule has 0 heterocycles. The average molecular weight is 249 g/mol. The Kier molecular flexibility index (Phi) is 4.62. The zero-order valence-electron chi connectivity index (χ0n) is 11.2. The Hall–Kier alpha value is -1.68. The number of Topliss-reactive ketones (excluding diaryl/α,β-unsaturated/α-hetero) is 1. The third-order valence-electron chi connectivity index (χ3n) is 2.87. The summed E-state index contributed by atoms with van der Waals surface area (Å²) in [6.07, 6.45) is -0.0303. The van der Waals surface area contributed by atoms with Crippen molar-refractivity contribution < 1.29 is 14.3 Å². The highest BCUT2D eigenvalue weighted by molar-refractivity contribution is 6.01. The molecular weight excluding hydrogens is 230 g/mol. The number of methoxy groups -OCH3 is 1. The molecule has 0 fully saturated rings. The number of esters is 1.